The van der Waals surface area contributed by atoms with Crippen molar-refractivity contribution in [3.05, 3.63) is 0 Å². The standard InChI is InChI=1S/C19H38O/c1-3-5-7-8-11-15-18(14-10-6-4-2)20-19-16-12-9-13-17-19/h18-19H,3-17H2,1-2H3. The van der Waals surface area contributed by atoms with Gasteiger partial charge in [-0.3, -0.25) is 0 Å². The predicted molar refractivity (Wildman–Crippen MR) is 89.3 cm³/mol. The summed E-state index contributed by atoms with van der Waals surface area (Å²) in [6, 6.07) is 0. The van der Waals surface area contributed by atoms with E-state index in [4.69, 9.17) is 4.74 Å². The zero-order valence-electron chi connectivity index (χ0n) is 14.2. The normalized spacial score (nSPS) is 18.3. The van der Waals surface area contributed by atoms with Gasteiger partial charge in [0, 0.05) is 0 Å². The van der Waals surface area contributed by atoms with Crippen LogP contribution in [0.4, 0.5) is 0 Å². The molecule has 0 aliphatic heterocycles. The van der Waals surface area contributed by atoms with Crippen molar-refractivity contribution in [1.29, 1.82) is 0 Å². The van der Waals surface area contributed by atoms with Crippen LogP contribution in [0.2, 0.25) is 0 Å². The van der Waals surface area contributed by atoms with Crippen molar-refractivity contribution >= 4 is 0 Å². The van der Waals surface area contributed by atoms with E-state index in [9.17, 15) is 0 Å². The molecule has 1 fully saturated rings. The number of hydrogen-bond acceptors (Lipinski definition) is 1. The minimum Gasteiger partial charge on any atom is -0.375 e. The Kier molecular flexibility index (Phi) is 11.4. The van der Waals surface area contributed by atoms with Gasteiger partial charge in [0.2, 0.25) is 0 Å². The fraction of sp³-hybridized carbons (Fsp3) is 1.00. The molecule has 120 valence electrons. The van der Waals surface area contributed by atoms with Crippen LogP contribution in [0.1, 0.15) is 110 Å². The van der Waals surface area contributed by atoms with Crippen molar-refractivity contribution < 1.29 is 4.74 Å². The van der Waals surface area contributed by atoms with Crippen molar-refractivity contribution in [2.45, 2.75) is 122 Å². The monoisotopic (exact) mass is 282 g/mol. The Morgan fingerprint density at radius 1 is 0.750 bits per heavy atom. The summed E-state index contributed by atoms with van der Waals surface area (Å²) in [5.41, 5.74) is 0. The molecule has 1 aliphatic carbocycles. The van der Waals surface area contributed by atoms with Gasteiger partial charge in [-0.25, -0.2) is 0 Å². The lowest BCUT2D eigenvalue weighted by molar-refractivity contribution is -0.0388. The van der Waals surface area contributed by atoms with Crippen molar-refractivity contribution in [3.8, 4) is 0 Å². The van der Waals surface area contributed by atoms with Crippen LogP contribution < -0.4 is 0 Å². The Morgan fingerprint density at radius 2 is 1.30 bits per heavy atom. The van der Waals surface area contributed by atoms with Gasteiger partial charge in [0.05, 0.1) is 12.2 Å². The van der Waals surface area contributed by atoms with E-state index < -0.39 is 0 Å². The third-order valence-electron chi connectivity index (χ3n) is 4.70. The van der Waals surface area contributed by atoms with Crippen molar-refractivity contribution in [3.63, 3.8) is 0 Å². The molecule has 1 atom stereocenters. The molecule has 1 saturated carbocycles. The first-order valence-electron chi connectivity index (χ1n) is 9.52. The van der Waals surface area contributed by atoms with Gasteiger partial charge >= 0.3 is 0 Å². The number of unbranched alkanes of at least 4 members (excludes halogenated alkanes) is 6. The molecule has 0 amide bonds. The van der Waals surface area contributed by atoms with Gasteiger partial charge in [-0.15, -0.1) is 0 Å². The second-order valence-corrected chi connectivity index (χ2v) is 6.72. The Morgan fingerprint density at radius 3 is 1.95 bits per heavy atom. The molecule has 0 aromatic heterocycles. The van der Waals surface area contributed by atoms with E-state index in [0.717, 1.165) is 0 Å². The molecule has 1 unspecified atom stereocenters. The topological polar surface area (TPSA) is 9.23 Å². The Hall–Kier alpha value is -0.0400. The third-order valence-corrected chi connectivity index (χ3v) is 4.70. The minimum absolute atomic E-state index is 0.561. The summed E-state index contributed by atoms with van der Waals surface area (Å²) < 4.78 is 6.44. The van der Waals surface area contributed by atoms with Gasteiger partial charge in [-0.2, -0.15) is 0 Å². The molecule has 0 bridgehead atoms. The second-order valence-electron chi connectivity index (χ2n) is 6.72. The summed E-state index contributed by atoms with van der Waals surface area (Å²) in [5, 5.41) is 0. The van der Waals surface area contributed by atoms with E-state index >= 15 is 0 Å². The molecule has 0 radical (unpaired) electrons. The van der Waals surface area contributed by atoms with Crippen molar-refractivity contribution in [1.82, 2.24) is 0 Å². The quantitative estimate of drug-likeness (QED) is 0.364. The molecule has 0 spiro atoms. The highest BCUT2D eigenvalue weighted by atomic mass is 16.5. The molecule has 20 heavy (non-hydrogen) atoms. The largest absolute Gasteiger partial charge is 0.375 e. The second kappa shape index (κ2) is 12.7. The maximum Gasteiger partial charge on any atom is 0.0578 e. The van der Waals surface area contributed by atoms with Crippen LogP contribution in [0.25, 0.3) is 0 Å². The molecule has 0 saturated heterocycles. The molecular formula is C19H38O. The van der Waals surface area contributed by atoms with Crippen LogP contribution in [-0.4, -0.2) is 12.2 Å². The molecule has 1 heteroatoms. The lowest BCUT2D eigenvalue weighted by Gasteiger charge is -2.28. The molecular weight excluding hydrogens is 244 g/mol. The highest BCUT2D eigenvalue weighted by molar-refractivity contribution is 4.69. The van der Waals surface area contributed by atoms with E-state index in [1.165, 1.54) is 96.3 Å². The molecule has 0 aromatic rings. The average Bonchev–Trinajstić information content (AvgIpc) is 2.48. The molecule has 0 aromatic carbocycles. The van der Waals surface area contributed by atoms with E-state index in [1.807, 2.05) is 0 Å². The van der Waals surface area contributed by atoms with Gasteiger partial charge in [0.1, 0.15) is 0 Å². The van der Waals surface area contributed by atoms with Crippen molar-refractivity contribution in [2.24, 2.45) is 0 Å². The first-order valence-corrected chi connectivity index (χ1v) is 9.52. The Labute approximate surface area is 127 Å². The van der Waals surface area contributed by atoms with Gasteiger partial charge < -0.3 is 4.74 Å². The molecule has 0 N–H and O–H groups in total. The fourth-order valence-electron chi connectivity index (χ4n) is 3.35. The predicted octanol–water partition coefficient (Wildman–Crippen LogP) is 6.65. The van der Waals surface area contributed by atoms with Crippen LogP contribution in [0.3, 0.4) is 0 Å². The van der Waals surface area contributed by atoms with Gasteiger partial charge in [0.25, 0.3) is 0 Å². The van der Waals surface area contributed by atoms with E-state index in [0.29, 0.717) is 12.2 Å². The summed E-state index contributed by atoms with van der Waals surface area (Å²) in [5.74, 6) is 0. The summed E-state index contributed by atoms with van der Waals surface area (Å²) in [4.78, 5) is 0. The number of rotatable bonds is 12. The van der Waals surface area contributed by atoms with E-state index in [2.05, 4.69) is 13.8 Å². The first-order chi connectivity index (χ1) is 9.86. The Bertz CT molecular complexity index is 196. The van der Waals surface area contributed by atoms with Gasteiger partial charge in [-0.05, 0) is 25.7 Å². The highest BCUT2D eigenvalue weighted by Crippen LogP contribution is 2.25. The van der Waals surface area contributed by atoms with Crippen molar-refractivity contribution in [2.75, 3.05) is 0 Å². The summed E-state index contributed by atoms with van der Waals surface area (Å²) >= 11 is 0. The van der Waals surface area contributed by atoms with E-state index in [-0.39, 0.29) is 0 Å². The van der Waals surface area contributed by atoms with Crippen LogP contribution in [0, 0.1) is 0 Å². The first kappa shape index (κ1) is 18.0. The summed E-state index contributed by atoms with van der Waals surface area (Å²) in [7, 11) is 0. The average molecular weight is 283 g/mol. The zero-order valence-corrected chi connectivity index (χ0v) is 14.2. The fourth-order valence-corrected chi connectivity index (χ4v) is 3.35. The van der Waals surface area contributed by atoms with Gasteiger partial charge in [0.15, 0.2) is 0 Å². The van der Waals surface area contributed by atoms with Crippen LogP contribution in [0.5, 0.6) is 0 Å². The lowest BCUT2D eigenvalue weighted by Crippen LogP contribution is -2.24. The third kappa shape index (κ3) is 9.00. The summed E-state index contributed by atoms with van der Waals surface area (Å²) in [6.07, 6.45) is 21.6. The van der Waals surface area contributed by atoms with Gasteiger partial charge in [-0.1, -0.05) is 84.5 Å². The molecule has 1 aliphatic rings. The van der Waals surface area contributed by atoms with E-state index in [1.54, 1.807) is 0 Å². The molecule has 1 nitrogen and oxygen atoms in total. The maximum absolute atomic E-state index is 6.44. The summed E-state index contributed by atoms with van der Waals surface area (Å²) in [6.45, 7) is 4.58. The highest BCUT2D eigenvalue weighted by Gasteiger charge is 2.18. The minimum atomic E-state index is 0.561. The number of ether oxygens (including phenoxy) is 1. The van der Waals surface area contributed by atoms with Crippen LogP contribution >= 0.6 is 0 Å². The molecule has 0 heterocycles. The maximum atomic E-state index is 6.44. The smallest absolute Gasteiger partial charge is 0.0578 e. The van der Waals surface area contributed by atoms with Crippen LogP contribution in [-0.2, 0) is 4.74 Å². The Balaban J connectivity index is 2.19. The molecule has 1 rings (SSSR count). The zero-order chi connectivity index (χ0) is 14.5. The van der Waals surface area contributed by atoms with Crippen LogP contribution in [0.15, 0.2) is 0 Å². The lowest BCUT2D eigenvalue weighted by atomic mass is 9.96. The SMILES string of the molecule is CCCCCCCC(CCCCC)OC1CCCCC1. The number of hydrogen-bond donors (Lipinski definition) is 0.